The molecule has 88 valence electrons. The number of thioether (sulfide) groups is 1. The molecule has 0 bridgehead atoms. The summed E-state index contributed by atoms with van der Waals surface area (Å²) in [5.74, 6) is 4.82. The van der Waals surface area contributed by atoms with Gasteiger partial charge in [0.15, 0.2) is 0 Å². The van der Waals surface area contributed by atoms with Crippen molar-refractivity contribution in [3.8, 4) is 0 Å². The van der Waals surface area contributed by atoms with E-state index in [9.17, 15) is 0 Å². The van der Waals surface area contributed by atoms with E-state index in [4.69, 9.17) is 0 Å². The third kappa shape index (κ3) is 3.39. The average Bonchev–Trinajstić information content (AvgIpc) is 2.87. The van der Waals surface area contributed by atoms with Gasteiger partial charge in [0.1, 0.15) is 0 Å². The maximum atomic E-state index is 3.73. The van der Waals surface area contributed by atoms with Gasteiger partial charge in [-0.05, 0) is 37.0 Å². The quantitative estimate of drug-likeness (QED) is 0.773. The summed E-state index contributed by atoms with van der Waals surface area (Å²) in [5.41, 5.74) is 0. The Labute approximate surface area is 98.8 Å². The molecule has 2 fully saturated rings. The van der Waals surface area contributed by atoms with Gasteiger partial charge in [-0.25, -0.2) is 0 Å². The van der Waals surface area contributed by atoms with E-state index in [1.54, 1.807) is 0 Å². The van der Waals surface area contributed by atoms with Crippen LogP contribution in [-0.2, 0) is 0 Å². The molecule has 1 aliphatic carbocycles. The number of hydrogen-bond acceptors (Lipinski definition) is 2. The molecule has 2 heteroatoms. The van der Waals surface area contributed by atoms with Gasteiger partial charge in [-0.15, -0.1) is 0 Å². The van der Waals surface area contributed by atoms with Crippen LogP contribution in [0.5, 0.6) is 0 Å². The molecule has 0 amide bonds. The Balaban J connectivity index is 1.74. The SMILES string of the molecule is CCCNC1CSCC1CC1CCCC1. The molecule has 1 saturated carbocycles. The molecule has 0 spiro atoms. The lowest BCUT2D eigenvalue weighted by atomic mass is 9.90. The van der Waals surface area contributed by atoms with E-state index in [-0.39, 0.29) is 0 Å². The highest BCUT2D eigenvalue weighted by Crippen LogP contribution is 2.35. The fourth-order valence-corrected chi connectivity index (χ4v) is 4.51. The number of rotatable bonds is 5. The Bertz CT molecular complexity index is 177. The summed E-state index contributed by atoms with van der Waals surface area (Å²) in [6, 6.07) is 0.829. The zero-order valence-corrected chi connectivity index (χ0v) is 10.8. The van der Waals surface area contributed by atoms with Gasteiger partial charge in [0, 0.05) is 11.8 Å². The van der Waals surface area contributed by atoms with E-state index in [2.05, 4.69) is 24.0 Å². The van der Waals surface area contributed by atoms with Gasteiger partial charge in [0.05, 0.1) is 0 Å². The monoisotopic (exact) mass is 227 g/mol. The lowest BCUT2D eigenvalue weighted by Gasteiger charge is -2.22. The predicted molar refractivity (Wildman–Crippen MR) is 69.5 cm³/mol. The van der Waals surface area contributed by atoms with Crippen molar-refractivity contribution in [3.63, 3.8) is 0 Å². The molecule has 0 aromatic rings. The Hall–Kier alpha value is 0.310. The van der Waals surface area contributed by atoms with Crippen molar-refractivity contribution >= 4 is 11.8 Å². The topological polar surface area (TPSA) is 12.0 Å². The van der Waals surface area contributed by atoms with E-state index in [1.165, 1.54) is 56.6 Å². The Kier molecular flexibility index (Phi) is 4.83. The molecule has 1 aliphatic heterocycles. The standard InChI is InChI=1S/C13H25NS/c1-2-7-14-13-10-15-9-12(13)8-11-5-3-4-6-11/h11-14H,2-10H2,1H3. The number of nitrogens with one attached hydrogen (secondary N) is 1. The maximum absolute atomic E-state index is 3.73. The molecule has 15 heavy (non-hydrogen) atoms. The molecule has 1 heterocycles. The summed E-state index contributed by atoms with van der Waals surface area (Å²) in [4.78, 5) is 0. The van der Waals surface area contributed by atoms with Gasteiger partial charge in [-0.2, -0.15) is 11.8 Å². The van der Waals surface area contributed by atoms with Crippen molar-refractivity contribution in [2.24, 2.45) is 11.8 Å². The van der Waals surface area contributed by atoms with Crippen molar-refractivity contribution in [1.29, 1.82) is 0 Å². The van der Waals surface area contributed by atoms with Crippen LogP contribution in [0.4, 0.5) is 0 Å². The highest BCUT2D eigenvalue weighted by atomic mass is 32.2. The molecule has 1 nitrogen and oxygen atoms in total. The molecule has 2 aliphatic rings. The van der Waals surface area contributed by atoms with Crippen LogP contribution < -0.4 is 5.32 Å². The Morgan fingerprint density at radius 2 is 2.00 bits per heavy atom. The van der Waals surface area contributed by atoms with Gasteiger partial charge in [-0.3, -0.25) is 0 Å². The van der Waals surface area contributed by atoms with Crippen LogP contribution in [0.2, 0.25) is 0 Å². The molecule has 2 unspecified atom stereocenters. The highest BCUT2D eigenvalue weighted by molar-refractivity contribution is 7.99. The first-order valence-electron chi connectivity index (χ1n) is 6.71. The zero-order valence-electron chi connectivity index (χ0n) is 10.0. The lowest BCUT2D eigenvalue weighted by Crippen LogP contribution is -2.36. The predicted octanol–water partition coefficient (Wildman–Crippen LogP) is 3.30. The first-order chi connectivity index (χ1) is 7.40. The Morgan fingerprint density at radius 3 is 2.73 bits per heavy atom. The first-order valence-corrected chi connectivity index (χ1v) is 7.86. The second-order valence-electron chi connectivity index (χ2n) is 5.24. The van der Waals surface area contributed by atoms with Crippen molar-refractivity contribution in [1.82, 2.24) is 5.32 Å². The van der Waals surface area contributed by atoms with Gasteiger partial charge < -0.3 is 5.32 Å². The maximum Gasteiger partial charge on any atom is 0.0194 e. The molecule has 0 aromatic carbocycles. The molecule has 2 atom stereocenters. The van der Waals surface area contributed by atoms with Crippen LogP contribution in [0.15, 0.2) is 0 Å². The van der Waals surface area contributed by atoms with Crippen LogP contribution >= 0.6 is 11.8 Å². The van der Waals surface area contributed by atoms with E-state index in [0.29, 0.717) is 0 Å². The average molecular weight is 227 g/mol. The van der Waals surface area contributed by atoms with Crippen molar-refractivity contribution < 1.29 is 0 Å². The summed E-state index contributed by atoms with van der Waals surface area (Å²) in [6.45, 7) is 3.48. The molecular formula is C13H25NS. The molecule has 1 N–H and O–H groups in total. The summed E-state index contributed by atoms with van der Waals surface area (Å²) in [6.07, 6.45) is 8.81. The van der Waals surface area contributed by atoms with Crippen LogP contribution in [0.1, 0.15) is 45.4 Å². The first kappa shape index (κ1) is 11.8. The van der Waals surface area contributed by atoms with Gasteiger partial charge >= 0.3 is 0 Å². The van der Waals surface area contributed by atoms with Crippen LogP contribution in [0, 0.1) is 11.8 Å². The van der Waals surface area contributed by atoms with Crippen molar-refractivity contribution in [2.75, 3.05) is 18.1 Å². The van der Waals surface area contributed by atoms with Gasteiger partial charge in [0.2, 0.25) is 0 Å². The zero-order chi connectivity index (χ0) is 10.5. The summed E-state index contributed by atoms with van der Waals surface area (Å²) in [7, 11) is 0. The third-order valence-electron chi connectivity index (χ3n) is 3.97. The smallest absolute Gasteiger partial charge is 0.0194 e. The second kappa shape index (κ2) is 6.15. The van der Waals surface area contributed by atoms with Crippen LogP contribution in [0.25, 0.3) is 0 Å². The van der Waals surface area contributed by atoms with E-state index >= 15 is 0 Å². The van der Waals surface area contributed by atoms with E-state index in [1.807, 2.05) is 0 Å². The molecular weight excluding hydrogens is 202 g/mol. The Morgan fingerprint density at radius 1 is 1.20 bits per heavy atom. The summed E-state index contributed by atoms with van der Waals surface area (Å²) in [5, 5.41) is 3.73. The summed E-state index contributed by atoms with van der Waals surface area (Å²) < 4.78 is 0. The summed E-state index contributed by atoms with van der Waals surface area (Å²) >= 11 is 2.16. The molecule has 2 rings (SSSR count). The number of hydrogen-bond donors (Lipinski definition) is 1. The fraction of sp³-hybridized carbons (Fsp3) is 1.00. The van der Waals surface area contributed by atoms with Crippen LogP contribution in [0.3, 0.4) is 0 Å². The lowest BCUT2D eigenvalue weighted by molar-refractivity contribution is 0.339. The minimum absolute atomic E-state index is 0.829. The van der Waals surface area contributed by atoms with E-state index < -0.39 is 0 Å². The van der Waals surface area contributed by atoms with Crippen LogP contribution in [-0.4, -0.2) is 24.1 Å². The largest absolute Gasteiger partial charge is 0.313 e. The van der Waals surface area contributed by atoms with Crippen molar-refractivity contribution in [3.05, 3.63) is 0 Å². The highest BCUT2D eigenvalue weighted by Gasteiger charge is 2.30. The van der Waals surface area contributed by atoms with Gasteiger partial charge in [-0.1, -0.05) is 32.6 Å². The normalized spacial score (nSPS) is 32.6. The minimum atomic E-state index is 0.829. The molecule has 0 aromatic heterocycles. The second-order valence-corrected chi connectivity index (χ2v) is 6.32. The minimum Gasteiger partial charge on any atom is -0.313 e. The molecule has 0 radical (unpaired) electrons. The molecule has 1 saturated heterocycles. The third-order valence-corrected chi connectivity index (χ3v) is 5.22. The van der Waals surface area contributed by atoms with Crippen molar-refractivity contribution in [2.45, 2.75) is 51.5 Å². The van der Waals surface area contributed by atoms with Gasteiger partial charge in [0.25, 0.3) is 0 Å². The fourth-order valence-electron chi connectivity index (χ4n) is 3.06. The van der Waals surface area contributed by atoms with E-state index in [0.717, 1.165) is 17.9 Å².